The predicted molar refractivity (Wildman–Crippen MR) is 496 cm³/mol. The first-order chi connectivity index (χ1) is 52.7. The maximum absolute atomic E-state index is 12.8. The molecule has 1 aliphatic rings. The van der Waals surface area contributed by atoms with E-state index in [2.05, 4.69) is 118 Å². The second-order valence-corrected chi connectivity index (χ2v) is 37.7. The van der Waals surface area contributed by atoms with E-state index in [1.54, 1.807) is 0 Å². The van der Waals surface area contributed by atoms with E-state index in [0.717, 1.165) is 103 Å². The van der Waals surface area contributed by atoms with E-state index in [9.17, 15) is 40.9 Å². The number of rotatable bonds is 64. The van der Waals surface area contributed by atoms with Crippen molar-refractivity contribution in [3.05, 3.63) is 83.1 Å². The van der Waals surface area contributed by atoms with Gasteiger partial charge in [-0.25, -0.2) is 0 Å². The summed E-state index contributed by atoms with van der Waals surface area (Å²) < 4.78 is 1.23. The Hall–Kier alpha value is -1.80. The summed E-state index contributed by atoms with van der Waals surface area (Å²) in [4.78, 5) is 0. The van der Waals surface area contributed by atoms with E-state index in [0.29, 0.717) is 84.5 Å². The van der Waals surface area contributed by atoms with Crippen molar-refractivity contribution in [1.82, 2.24) is 0 Å². The molecule has 12 heteroatoms. The lowest BCUT2D eigenvalue weighted by atomic mass is 9.76. The van der Waals surface area contributed by atoms with Crippen LogP contribution in [0.2, 0.25) is 0 Å². The van der Waals surface area contributed by atoms with Gasteiger partial charge in [0.05, 0.1) is 14.3 Å². The number of phenols is 8. The number of hydrogen-bond acceptors (Lipinski definition) is 8. The summed E-state index contributed by atoms with van der Waals surface area (Å²) in [7, 11) is 0. The van der Waals surface area contributed by atoms with Gasteiger partial charge in [0.2, 0.25) is 0 Å². The molecule has 4 aromatic rings. The third-order valence-electron chi connectivity index (χ3n) is 24.5. The highest BCUT2D eigenvalue weighted by atomic mass is 127. The number of hydrogen-bond donors (Lipinski definition) is 8. The summed E-state index contributed by atoms with van der Waals surface area (Å²) >= 11 is 8.40. The van der Waals surface area contributed by atoms with Gasteiger partial charge < -0.3 is 40.9 Å². The Morgan fingerprint density at radius 2 is 0.259 bits per heavy atom. The van der Waals surface area contributed by atoms with Crippen LogP contribution < -0.4 is 0 Å². The Kier molecular flexibility index (Phi) is 53.6. The maximum Gasteiger partial charge on any atom is 0.136 e. The average molecular weight is 1950 g/mol. The van der Waals surface area contributed by atoms with Crippen LogP contribution in [0, 0.1) is 14.3 Å². The number of halogens is 4. The quantitative estimate of drug-likeness (QED) is 0.0160. The van der Waals surface area contributed by atoms with Crippen molar-refractivity contribution in [1.29, 1.82) is 0 Å². The molecule has 1 aliphatic carbocycles. The molecular weight excluding hydrogens is 1790 g/mol. The van der Waals surface area contributed by atoms with Gasteiger partial charge in [-0.3, -0.25) is 0 Å². The SMILES string of the molecule is CCCCCCCCCCCCCCCCCC1c2cc(c(O)c(I)c2O)C(CCCCCCCCCCCCCCCCC)c2cc(c(O)c(I)c2O)C(CCCCCCCCCCCCCCCCC)c2cc(c(O)c(I)c2O)C(CCCCCCCCCCCCCCCCC)c2cc1c(O)c(I)c2O. The lowest BCUT2D eigenvalue weighted by Gasteiger charge is -2.30. The van der Waals surface area contributed by atoms with Crippen molar-refractivity contribution in [3.8, 4) is 46.0 Å². The van der Waals surface area contributed by atoms with Crippen LogP contribution in [-0.4, -0.2) is 40.9 Å². The van der Waals surface area contributed by atoms with Crippen LogP contribution in [-0.2, 0) is 0 Å². The van der Waals surface area contributed by atoms with Crippen molar-refractivity contribution >= 4 is 90.4 Å². The molecule has 5 rings (SSSR count). The topological polar surface area (TPSA) is 162 Å². The van der Waals surface area contributed by atoms with E-state index in [1.165, 1.54) is 283 Å². The van der Waals surface area contributed by atoms with Gasteiger partial charge in [-0.2, -0.15) is 0 Å². The molecule has 0 atom stereocenters. The minimum Gasteiger partial charge on any atom is -0.506 e. The van der Waals surface area contributed by atoms with Crippen LogP contribution in [0.4, 0.5) is 0 Å². The van der Waals surface area contributed by atoms with Crippen LogP contribution in [0.3, 0.4) is 0 Å². The number of aromatic hydroxyl groups is 8. The van der Waals surface area contributed by atoms with Crippen molar-refractivity contribution < 1.29 is 40.9 Å². The van der Waals surface area contributed by atoms with Crippen LogP contribution in [0.5, 0.6) is 46.0 Å². The molecule has 0 spiro atoms. The lowest BCUT2D eigenvalue weighted by molar-refractivity contribution is 0.412. The van der Waals surface area contributed by atoms with E-state index < -0.39 is 23.7 Å². The van der Waals surface area contributed by atoms with Gasteiger partial charge in [-0.05, 0) is 140 Å². The Bertz CT molecular complexity index is 2510. The molecular formula is C96H156I4O8. The van der Waals surface area contributed by atoms with Gasteiger partial charge in [-0.15, -0.1) is 0 Å². The predicted octanol–water partition coefficient (Wildman–Crippen LogP) is 33.6. The van der Waals surface area contributed by atoms with Crippen LogP contribution in [0.25, 0.3) is 0 Å². The van der Waals surface area contributed by atoms with Gasteiger partial charge in [-0.1, -0.05) is 413 Å². The van der Waals surface area contributed by atoms with Gasteiger partial charge in [0, 0.05) is 68.2 Å². The van der Waals surface area contributed by atoms with E-state index in [-0.39, 0.29) is 46.0 Å². The number of unbranched alkanes of at least 4 members (excludes halogenated alkanes) is 56. The first-order valence-electron chi connectivity index (χ1n) is 45.6. The summed E-state index contributed by atoms with van der Waals surface area (Å²) in [6, 6.07) is 7.85. The third-order valence-corrected chi connectivity index (χ3v) is 28.6. The van der Waals surface area contributed by atoms with Crippen molar-refractivity contribution in [3.63, 3.8) is 0 Å². The van der Waals surface area contributed by atoms with Crippen LogP contribution in [0.1, 0.15) is 507 Å². The lowest BCUT2D eigenvalue weighted by Crippen LogP contribution is -2.13. The highest BCUT2D eigenvalue weighted by Gasteiger charge is 2.37. The molecule has 0 saturated carbocycles. The Morgan fingerprint density at radius 3 is 0.361 bits per heavy atom. The first kappa shape index (κ1) is 96.8. The fourth-order valence-electron chi connectivity index (χ4n) is 17.6. The monoisotopic (exact) mass is 1940 g/mol. The van der Waals surface area contributed by atoms with Gasteiger partial charge >= 0.3 is 0 Å². The number of phenolic OH excluding ortho intramolecular Hbond substituents is 8. The second kappa shape index (κ2) is 59.8. The molecule has 0 fully saturated rings. The summed E-state index contributed by atoms with van der Waals surface area (Å²) in [5, 5.41) is 102. The molecule has 0 aromatic heterocycles. The summed E-state index contributed by atoms with van der Waals surface area (Å²) in [6.07, 6.45) is 76.1. The molecule has 108 heavy (non-hydrogen) atoms. The average Bonchev–Trinajstić information content (AvgIpc) is 0.744. The van der Waals surface area contributed by atoms with Gasteiger partial charge in [0.1, 0.15) is 46.0 Å². The minimum atomic E-state index is -0.578. The number of fused-ring (bicyclic) bond motifs is 8. The molecule has 0 radical (unpaired) electrons. The van der Waals surface area contributed by atoms with Crippen molar-refractivity contribution in [2.75, 3.05) is 0 Å². The molecule has 0 unspecified atom stereocenters. The molecule has 0 heterocycles. The standard InChI is InChI=1S/C96H156I4O8/c1-5-9-13-17-21-25-29-33-37-41-45-49-53-57-61-65-73-77-69-79(91(103)85(97)89(77)101)74(66-62-58-54-50-46-42-38-34-30-26-22-18-14-10-6-2)81-71-83(95(107)87(99)93(81)105)76(68-64-60-56-52-48-44-40-36-32-28-24-20-16-12-8-4)84-72-82(94(106)88(100)96(84)108)75(80-70-78(73)90(102)86(98)92(80)104)67-63-59-55-51-47-43-39-35-31-27-23-19-15-11-7-3/h69-76,101-108H,5-68H2,1-4H3. The molecule has 0 aliphatic heterocycles. The molecule has 0 saturated heterocycles. The van der Waals surface area contributed by atoms with E-state index in [1.807, 2.05) is 24.3 Å². The normalized spacial score (nSPS) is 15.1. The van der Waals surface area contributed by atoms with Crippen molar-refractivity contribution in [2.24, 2.45) is 0 Å². The summed E-state index contributed by atoms with van der Waals surface area (Å²) in [6.45, 7) is 9.12. The third kappa shape index (κ3) is 34.9. The van der Waals surface area contributed by atoms with E-state index >= 15 is 0 Å². The highest BCUT2D eigenvalue weighted by molar-refractivity contribution is 14.1. The Balaban J connectivity index is 1.58. The molecule has 8 bridgehead atoms. The van der Waals surface area contributed by atoms with Crippen LogP contribution in [0.15, 0.2) is 24.3 Å². The Labute approximate surface area is 715 Å². The first-order valence-corrected chi connectivity index (χ1v) is 49.9. The van der Waals surface area contributed by atoms with Gasteiger partial charge in [0.15, 0.2) is 0 Å². The number of benzene rings is 4. The fourth-order valence-corrected chi connectivity index (χ4v) is 20.1. The highest BCUT2D eigenvalue weighted by Crippen LogP contribution is 2.56. The molecule has 0 amide bonds. The van der Waals surface area contributed by atoms with Gasteiger partial charge in [0.25, 0.3) is 0 Å². The zero-order valence-corrected chi connectivity index (χ0v) is 77.6. The fraction of sp³-hybridized carbons (Fsp3) is 0.750. The molecule has 4 aromatic carbocycles. The smallest absolute Gasteiger partial charge is 0.136 e. The van der Waals surface area contributed by atoms with Crippen LogP contribution >= 0.6 is 90.4 Å². The molecule has 616 valence electrons. The second-order valence-electron chi connectivity index (χ2n) is 33.4. The maximum atomic E-state index is 12.8. The summed E-state index contributed by atoms with van der Waals surface area (Å²) in [5.74, 6) is -2.67. The minimum absolute atomic E-state index is 0.0443. The zero-order valence-electron chi connectivity index (χ0n) is 69.0. The zero-order chi connectivity index (χ0) is 77.9. The van der Waals surface area contributed by atoms with E-state index in [4.69, 9.17) is 0 Å². The molecule has 8 N–H and O–H groups in total. The molecule has 8 nitrogen and oxygen atoms in total. The largest absolute Gasteiger partial charge is 0.506 e. The van der Waals surface area contributed by atoms with Crippen molar-refractivity contribution in [2.45, 2.75) is 462 Å². The summed E-state index contributed by atoms with van der Waals surface area (Å²) in [5.41, 5.74) is 4.64. The Morgan fingerprint density at radius 1 is 0.167 bits per heavy atom.